The average Bonchev–Trinajstić information content (AvgIpc) is 2.39. The van der Waals surface area contributed by atoms with Gasteiger partial charge in [0.05, 0.1) is 4.47 Å². The molecule has 0 bridgehead atoms. The Morgan fingerprint density at radius 2 is 2.00 bits per heavy atom. The second-order valence-electron chi connectivity index (χ2n) is 5.73. The van der Waals surface area contributed by atoms with E-state index in [1.165, 1.54) is 6.07 Å². The Labute approximate surface area is 139 Å². The van der Waals surface area contributed by atoms with E-state index in [1.54, 1.807) is 12.1 Å². The van der Waals surface area contributed by atoms with Gasteiger partial charge >= 0.3 is 6.09 Å². The quantitative estimate of drug-likeness (QED) is 0.590. The molecule has 122 valence electrons. The minimum atomic E-state index is -0.487. The van der Waals surface area contributed by atoms with Crippen molar-refractivity contribution in [3.8, 4) is 0 Å². The lowest BCUT2D eigenvalue weighted by Crippen LogP contribution is -2.32. The number of benzene rings is 1. The first kappa shape index (κ1) is 18.6. The van der Waals surface area contributed by atoms with E-state index in [0.29, 0.717) is 24.1 Å². The van der Waals surface area contributed by atoms with Gasteiger partial charge in [-0.1, -0.05) is 18.2 Å². The molecule has 0 unspecified atom stereocenters. The van der Waals surface area contributed by atoms with Crippen molar-refractivity contribution in [3.63, 3.8) is 0 Å². The molecule has 0 fully saturated rings. The smallest absolute Gasteiger partial charge is 0.407 e. The van der Waals surface area contributed by atoms with Crippen LogP contribution in [-0.4, -0.2) is 24.8 Å². The maximum atomic E-state index is 13.1. The second kappa shape index (κ2) is 8.90. The van der Waals surface area contributed by atoms with Crippen molar-refractivity contribution >= 4 is 22.0 Å². The van der Waals surface area contributed by atoms with Gasteiger partial charge in [-0.25, -0.2) is 9.18 Å². The van der Waals surface area contributed by atoms with E-state index in [0.717, 1.165) is 5.56 Å². The summed E-state index contributed by atoms with van der Waals surface area (Å²) in [5, 5.41) is 5.84. The molecule has 0 atom stereocenters. The zero-order valence-electron chi connectivity index (χ0n) is 13.1. The van der Waals surface area contributed by atoms with Crippen LogP contribution in [-0.2, 0) is 11.3 Å². The minimum Gasteiger partial charge on any atom is -0.444 e. The molecule has 0 aliphatic carbocycles. The predicted molar refractivity (Wildman–Crippen MR) is 89.2 cm³/mol. The van der Waals surface area contributed by atoms with Gasteiger partial charge in [0.1, 0.15) is 11.4 Å². The van der Waals surface area contributed by atoms with Gasteiger partial charge in [-0.3, -0.25) is 0 Å². The summed E-state index contributed by atoms with van der Waals surface area (Å²) in [4.78, 5) is 11.4. The second-order valence-corrected chi connectivity index (χ2v) is 6.59. The third kappa shape index (κ3) is 8.14. The largest absolute Gasteiger partial charge is 0.444 e. The molecule has 1 aromatic carbocycles. The normalized spacial score (nSPS) is 11.7. The van der Waals surface area contributed by atoms with Gasteiger partial charge in [0, 0.05) is 19.6 Å². The summed E-state index contributed by atoms with van der Waals surface area (Å²) >= 11 is 3.15. The number of halogens is 2. The molecule has 0 saturated carbocycles. The molecule has 0 heterocycles. The van der Waals surface area contributed by atoms with E-state index in [4.69, 9.17) is 4.74 Å². The monoisotopic (exact) mass is 372 g/mol. The molecule has 0 aliphatic heterocycles. The van der Waals surface area contributed by atoms with E-state index in [-0.39, 0.29) is 5.82 Å². The van der Waals surface area contributed by atoms with Gasteiger partial charge in [-0.15, -0.1) is 0 Å². The zero-order valence-corrected chi connectivity index (χ0v) is 14.7. The van der Waals surface area contributed by atoms with Gasteiger partial charge in [0.2, 0.25) is 0 Å². The van der Waals surface area contributed by atoms with Crippen LogP contribution in [0.3, 0.4) is 0 Å². The fraction of sp³-hybridized carbons (Fsp3) is 0.438. The lowest BCUT2D eigenvalue weighted by molar-refractivity contribution is 0.0534. The fourth-order valence-electron chi connectivity index (χ4n) is 1.57. The number of carbonyl (C=O) groups excluding carboxylic acids is 1. The number of amides is 1. The Morgan fingerprint density at radius 1 is 1.32 bits per heavy atom. The molecule has 0 spiro atoms. The molecular formula is C16H22BrFN2O2. The molecule has 4 nitrogen and oxygen atoms in total. The third-order valence-electron chi connectivity index (χ3n) is 2.51. The summed E-state index contributed by atoms with van der Waals surface area (Å²) in [5.41, 5.74) is 0.507. The first-order chi connectivity index (χ1) is 10.3. The van der Waals surface area contributed by atoms with Crippen LogP contribution in [0.4, 0.5) is 9.18 Å². The molecule has 0 saturated heterocycles. The standard InChI is InChI=1S/C16H22BrFN2O2/c1-16(2,3)22-15(21)20-9-5-4-8-19-11-12-6-7-14(18)13(17)10-12/h4-7,10,19H,8-9,11H2,1-3H3,(H,20,21)/b5-4+. The Balaban J connectivity index is 2.16. The number of alkyl carbamates (subject to hydrolysis) is 1. The highest BCUT2D eigenvalue weighted by Gasteiger charge is 2.14. The van der Waals surface area contributed by atoms with Crippen LogP contribution in [0.1, 0.15) is 26.3 Å². The number of hydrogen-bond donors (Lipinski definition) is 2. The topological polar surface area (TPSA) is 50.4 Å². The molecule has 1 amide bonds. The van der Waals surface area contributed by atoms with E-state index < -0.39 is 11.7 Å². The SMILES string of the molecule is CC(C)(C)OC(=O)NC/C=C/CNCc1ccc(F)c(Br)c1. The van der Waals surface area contributed by atoms with Crippen LogP contribution in [0, 0.1) is 5.82 Å². The summed E-state index contributed by atoms with van der Waals surface area (Å²) in [6.45, 7) is 7.17. The van der Waals surface area contributed by atoms with Crippen LogP contribution in [0.2, 0.25) is 0 Å². The lowest BCUT2D eigenvalue weighted by atomic mass is 10.2. The molecule has 1 rings (SSSR count). The van der Waals surface area contributed by atoms with Crippen LogP contribution in [0.25, 0.3) is 0 Å². The Hall–Kier alpha value is -1.40. The molecule has 0 aromatic heterocycles. The van der Waals surface area contributed by atoms with Crippen molar-refractivity contribution < 1.29 is 13.9 Å². The lowest BCUT2D eigenvalue weighted by Gasteiger charge is -2.19. The van der Waals surface area contributed by atoms with Crippen molar-refractivity contribution in [1.29, 1.82) is 0 Å². The first-order valence-electron chi connectivity index (χ1n) is 7.04. The maximum Gasteiger partial charge on any atom is 0.407 e. The van der Waals surface area contributed by atoms with Gasteiger partial charge in [-0.05, 0) is 54.4 Å². The van der Waals surface area contributed by atoms with Crippen molar-refractivity contribution in [2.45, 2.75) is 32.9 Å². The van der Waals surface area contributed by atoms with Crippen LogP contribution in [0.5, 0.6) is 0 Å². The van der Waals surface area contributed by atoms with E-state index in [9.17, 15) is 9.18 Å². The molecule has 2 N–H and O–H groups in total. The predicted octanol–water partition coefficient (Wildman–Crippen LogP) is 3.76. The Kier molecular flexibility index (Phi) is 7.55. The summed E-state index contributed by atoms with van der Waals surface area (Å²) in [7, 11) is 0. The number of hydrogen-bond acceptors (Lipinski definition) is 3. The van der Waals surface area contributed by atoms with Gasteiger partial charge < -0.3 is 15.4 Å². The number of nitrogens with one attached hydrogen (secondary N) is 2. The molecule has 6 heteroatoms. The number of carbonyl (C=O) groups is 1. The summed E-state index contributed by atoms with van der Waals surface area (Å²) in [6, 6.07) is 4.92. The van der Waals surface area contributed by atoms with Crippen molar-refractivity contribution in [2.75, 3.05) is 13.1 Å². The molecular weight excluding hydrogens is 351 g/mol. The van der Waals surface area contributed by atoms with Crippen molar-refractivity contribution in [3.05, 3.63) is 46.2 Å². The van der Waals surface area contributed by atoms with Gasteiger partial charge in [0.25, 0.3) is 0 Å². The first-order valence-corrected chi connectivity index (χ1v) is 7.84. The fourth-order valence-corrected chi connectivity index (χ4v) is 2.00. The maximum absolute atomic E-state index is 13.1. The zero-order chi connectivity index (χ0) is 16.6. The summed E-state index contributed by atoms with van der Waals surface area (Å²) in [6.07, 6.45) is 3.33. The van der Waals surface area contributed by atoms with E-state index in [2.05, 4.69) is 26.6 Å². The average molecular weight is 373 g/mol. The molecule has 0 radical (unpaired) electrons. The highest BCUT2D eigenvalue weighted by molar-refractivity contribution is 9.10. The van der Waals surface area contributed by atoms with Crippen LogP contribution >= 0.6 is 15.9 Å². The molecule has 1 aromatic rings. The Bertz CT molecular complexity index is 527. The van der Waals surface area contributed by atoms with E-state index >= 15 is 0 Å². The van der Waals surface area contributed by atoms with E-state index in [1.807, 2.05) is 32.9 Å². The minimum absolute atomic E-state index is 0.267. The highest BCUT2D eigenvalue weighted by atomic mass is 79.9. The van der Waals surface area contributed by atoms with Crippen LogP contribution < -0.4 is 10.6 Å². The van der Waals surface area contributed by atoms with Crippen molar-refractivity contribution in [1.82, 2.24) is 10.6 Å². The Morgan fingerprint density at radius 3 is 2.64 bits per heavy atom. The molecule has 0 aliphatic rings. The van der Waals surface area contributed by atoms with Crippen LogP contribution in [0.15, 0.2) is 34.8 Å². The third-order valence-corrected chi connectivity index (χ3v) is 3.11. The van der Waals surface area contributed by atoms with Gasteiger partial charge in [0.15, 0.2) is 0 Å². The van der Waals surface area contributed by atoms with Crippen molar-refractivity contribution in [2.24, 2.45) is 0 Å². The number of ether oxygens (including phenoxy) is 1. The summed E-state index contributed by atoms with van der Waals surface area (Å²) < 4.78 is 18.6. The number of rotatable bonds is 6. The van der Waals surface area contributed by atoms with Gasteiger partial charge in [-0.2, -0.15) is 0 Å². The highest BCUT2D eigenvalue weighted by Crippen LogP contribution is 2.16. The summed E-state index contributed by atoms with van der Waals surface area (Å²) in [5.74, 6) is -0.267. The molecule has 22 heavy (non-hydrogen) atoms.